The maximum atomic E-state index is 13.2. The Morgan fingerprint density at radius 1 is 1.03 bits per heavy atom. The zero-order chi connectivity index (χ0) is 21.5. The number of benzene rings is 2. The van der Waals surface area contributed by atoms with Gasteiger partial charge < -0.3 is 14.2 Å². The van der Waals surface area contributed by atoms with Crippen molar-refractivity contribution >= 4 is 40.7 Å². The number of ether oxygens (including phenoxy) is 1. The monoisotopic (exact) mass is 464 g/mol. The molecular formula is C23H23Cl3N2O2. The van der Waals surface area contributed by atoms with Gasteiger partial charge in [0.25, 0.3) is 5.91 Å². The molecule has 0 saturated carbocycles. The zero-order valence-electron chi connectivity index (χ0n) is 16.7. The van der Waals surface area contributed by atoms with Gasteiger partial charge in [-0.15, -0.1) is 0 Å². The van der Waals surface area contributed by atoms with Crippen LogP contribution in [0, 0.1) is 0 Å². The van der Waals surface area contributed by atoms with Crippen molar-refractivity contribution < 1.29 is 9.53 Å². The molecule has 0 radical (unpaired) electrons. The second-order valence-corrected chi connectivity index (χ2v) is 8.23. The predicted octanol–water partition coefficient (Wildman–Crippen LogP) is 6.18. The SMILES string of the molecule is COCCCN(Cc1cccn1Cc1cccc(Cl)c1)C(=O)c1ccc(Cl)cc1Cl. The summed E-state index contributed by atoms with van der Waals surface area (Å²) in [4.78, 5) is 15.0. The van der Waals surface area contributed by atoms with E-state index in [4.69, 9.17) is 39.5 Å². The van der Waals surface area contributed by atoms with Crippen molar-refractivity contribution in [3.63, 3.8) is 0 Å². The first-order valence-electron chi connectivity index (χ1n) is 9.59. The summed E-state index contributed by atoms with van der Waals surface area (Å²) in [7, 11) is 1.65. The molecule has 2 aromatic carbocycles. The molecule has 0 unspecified atom stereocenters. The van der Waals surface area contributed by atoms with E-state index in [1.165, 1.54) is 0 Å². The van der Waals surface area contributed by atoms with E-state index in [0.717, 1.165) is 17.7 Å². The maximum absolute atomic E-state index is 13.2. The lowest BCUT2D eigenvalue weighted by Crippen LogP contribution is -2.33. The van der Waals surface area contributed by atoms with Crippen molar-refractivity contribution in [1.82, 2.24) is 9.47 Å². The molecule has 1 heterocycles. The van der Waals surface area contributed by atoms with Gasteiger partial charge in [0.1, 0.15) is 0 Å². The summed E-state index contributed by atoms with van der Waals surface area (Å²) in [6.07, 6.45) is 2.73. The molecule has 7 heteroatoms. The van der Waals surface area contributed by atoms with Gasteiger partial charge in [0, 0.05) is 48.7 Å². The number of rotatable bonds is 9. The van der Waals surface area contributed by atoms with Gasteiger partial charge in [-0.3, -0.25) is 4.79 Å². The first-order chi connectivity index (χ1) is 14.5. The van der Waals surface area contributed by atoms with Gasteiger partial charge in [0.05, 0.1) is 17.1 Å². The van der Waals surface area contributed by atoms with Gasteiger partial charge in [-0.25, -0.2) is 0 Å². The number of hydrogen-bond donors (Lipinski definition) is 0. The second kappa shape index (κ2) is 10.9. The summed E-state index contributed by atoms with van der Waals surface area (Å²) in [5.74, 6) is -0.136. The van der Waals surface area contributed by atoms with E-state index in [2.05, 4.69) is 4.57 Å². The summed E-state index contributed by atoms with van der Waals surface area (Å²) < 4.78 is 7.28. The minimum absolute atomic E-state index is 0.136. The molecule has 0 N–H and O–H groups in total. The fourth-order valence-electron chi connectivity index (χ4n) is 3.26. The van der Waals surface area contributed by atoms with E-state index in [1.807, 2.05) is 42.6 Å². The molecule has 0 aliphatic heterocycles. The van der Waals surface area contributed by atoms with Crippen molar-refractivity contribution in [2.24, 2.45) is 0 Å². The minimum Gasteiger partial charge on any atom is -0.385 e. The first kappa shape index (κ1) is 22.7. The van der Waals surface area contributed by atoms with Crippen LogP contribution >= 0.6 is 34.8 Å². The average molecular weight is 466 g/mol. The Labute approximate surface area is 191 Å². The van der Waals surface area contributed by atoms with E-state index in [-0.39, 0.29) is 5.91 Å². The Kier molecular flexibility index (Phi) is 8.23. The number of methoxy groups -OCH3 is 1. The Morgan fingerprint density at radius 3 is 2.57 bits per heavy atom. The van der Waals surface area contributed by atoms with E-state index in [9.17, 15) is 4.79 Å². The Hall–Kier alpha value is -1.98. The Bertz CT molecular complexity index is 1000. The lowest BCUT2D eigenvalue weighted by molar-refractivity contribution is 0.0720. The maximum Gasteiger partial charge on any atom is 0.255 e. The van der Waals surface area contributed by atoms with Crippen LogP contribution in [0.4, 0.5) is 0 Å². The van der Waals surface area contributed by atoms with Crippen LogP contribution in [0.5, 0.6) is 0 Å². The molecule has 0 saturated heterocycles. The normalized spacial score (nSPS) is 10.9. The van der Waals surface area contributed by atoms with Crippen LogP contribution in [0.2, 0.25) is 15.1 Å². The van der Waals surface area contributed by atoms with Crippen LogP contribution in [0.25, 0.3) is 0 Å². The molecule has 1 amide bonds. The van der Waals surface area contributed by atoms with Crippen LogP contribution < -0.4 is 0 Å². The van der Waals surface area contributed by atoms with Crippen LogP contribution in [-0.2, 0) is 17.8 Å². The summed E-state index contributed by atoms with van der Waals surface area (Å²) in [6, 6.07) is 16.7. The summed E-state index contributed by atoms with van der Waals surface area (Å²) in [5, 5.41) is 1.55. The summed E-state index contributed by atoms with van der Waals surface area (Å²) in [6.45, 7) is 2.25. The predicted molar refractivity (Wildman–Crippen MR) is 123 cm³/mol. The highest BCUT2D eigenvalue weighted by Crippen LogP contribution is 2.23. The summed E-state index contributed by atoms with van der Waals surface area (Å²) >= 11 is 18.4. The topological polar surface area (TPSA) is 34.5 Å². The molecule has 0 bridgehead atoms. The molecule has 3 rings (SSSR count). The number of nitrogens with zero attached hydrogens (tertiary/aromatic N) is 2. The largest absolute Gasteiger partial charge is 0.385 e. The fourth-order valence-corrected chi connectivity index (χ4v) is 3.96. The smallest absolute Gasteiger partial charge is 0.255 e. The molecule has 0 aliphatic carbocycles. The van der Waals surface area contributed by atoms with Crippen molar-refractivity contribution in [1.29, 1.82) is 0 Å². The van der Waals surface area contributed by atoms with E-state index < -0.39 is 0 Å². The van der Waals surface area contributed by atoms with Crippen LogP contribution in [0.1, 0.15) is 28.0 Å². The minimum atomic E-state index is -0.136. The number of halogens is 3. The molecule has 0 atom stereocenters. The van der Waals surface area contributed by atoms with E-state index in [0.29, 0.717) is 46.9 Å². The van der Waals surface area contributed by atoms with Gasteiger partial charge in [-0.05, 0) is 54.4 Å². The molecular weight excluding hydrogens is 443 g/mol. The number of amides is 1. The first-order valence-corrected chi connectivity index (χ1v) is 10.7. The number of carbonyl (C=O) groups is 1. The third-order valence-corrected chi connectivity index (χ3v) is 5.53. The number of hydrogen-bond acceptors (Lipinski definition) is 2. The van der Waals surface area contributed by atoms with Gasteiger partial charge in [0.2, 0.25) is 0 Å². The zero-order valence-corrected chi connectivity index (χ0v) is 18.9. The van der Waals surface area contributed by atoms with E-state index >= 15 is 0 Å². The fraction of sp³-hybridized carbons (Fsp3) is 0.261. The Morgan fingerprint density at radius 2 is 1.83 bits per heavy atom. The molecule has 4 nitrogen and oxygen atoms in total. The van der Waals surface area contributed by atoms with Gasteiger partial charge >= 0.3 is 0 Å². The van der Waals surface area contributed by atoms with Gasteiger partial charge in [-0.1, -0.05) is 46.9 Å². The van der Waals surface area contributed by atoms with Crippen LogP contribution in [0.15, 0.2) is 60.8 Å². The summed E-state index contributed by atoms with van der Waals surface area (Å²) in [5.41, 5.74) is 2.55. The molecule has 0 fully saturated rings. The lowest BCUT2D eigenvalue weighted by atomic mass is 10.1. The molecule has 0 aliphatic rings. The third-order valence-electron chi connectivity index (χ3n) is 4.74. The highest BCUT2D eigenvalue weighted by molar-refractivity contribution is 6.36. The number of carbonyl (C=O) groups excluding carboxylic acids is 1. The van der Waals surface area contributed by atoms with Crippen LogP contribution in [0.3, 0.4) is 0 Å². The average Bonchev–Trinajstić information content (AvgIpc) is 3.13. The highest BCUT2D eigenvalue weighted by atomic mass is 35.5. The molecule has 1 aromatic heterocycles. The lowest BCUT2D eigenvalue weighted by Gasteiger charge is -2.24. The van der Waals surface area contributed by atoms with Crippen molar-refractivity contribution in [3.05, 3.63) is 92.7 Å². The van der Waals surface area contributed by atoms with Gasteiger partial charge in [0.15, 0.2) is 0 Å². The Balaban J connectivity index is 1.81. The van der Waals surface area contributed by atoms with Crippen molar-refractivity contribution in [2.75, 3.05) is 20.3 Å². The number of aromatic nitrogens is 1. The van der Waals surface area contributed by atoms with Crippen molar-refractivity contribution in [3.8, 4) is 0 Å². The highest BCUT2D eigenvalue weighted by Gasteiger charge is 2.20. The van der Waals surface area contributed by atoms with Gasteiger partial charge in [-0.2, -0.15) is 0 Å². The van der Waals surface area contributed by atoms with E-state index in [1.54, 1.807) is 30.2 Å². The molecule has 3 aromatic rings. The van der Waals surface area contributed by atoms with Crippen LogP contribution in [-0.4, -0.2) is 35.6 Å². The molecule has 0 spiro atoms. The standard InChI is InChI=1S/C23H23Cl3N2O2/c1-30-12-4-11-28(23(29)21-9-8-19(25)14-22(21)26)16-20-7-3-10-27(20)15-17-5-2-6-18(24)13-17/h2-3,5-10,13-14H,4,11-12,15-16H2,1H3. The third kappa shape index (κ3) is 6.02. The second-order valence-electron chi connectivity index (χ2n) is 6.95. The van der Waals surface area contributed by atoms with Crippen molar-refractivity contribution in [2.45, 2.75) is 19.5 Å². The quantitative estimate of drug-likeness (QED) is 0.354. The molecule has 30 heavy (non-hydrogen) atoms. The molecule has 158 valence electrons.